The Morgan fingerprint density at radius 2 is 2.35 bits per heavy atom. The molecule has 2 rings (SSSR count). The first-order chi connectivity index (χ1) is 8.02. The zero-order chi connectivity index (χ0) is 12.5. The summed E-state index contributed by atoms with van der Waals surface area (Å²) in [6.07, 6.45) is 1.87. The van der Waals surface area contributed by atoms with Crippen LogP contribution in [-0.4, -0.2) is 29.8 Å². The van der Waals surface area contributed by atoms with Crippen LogP contribution >= 0.6 is 0 Å². The van der Waals surface area contributed by atoms with Gasteiger partial charge in [0.25, 0.3) is 0 Å². The maximum absolute atomic E-state index is 9.10. The quantitative estimate of drug-likeness (QED) is 0.741. The number of ether oxygens (including phenoxy) is 1. The number of hydrogen-bond donors (Lipinski definition) is 0. The second-order valence-corrected chi connectivity index (χ2v) is 5.06. The molecule has 1 aliphatic rings. The van der Waals surface area contributed by atoms with Crippen molar-refractivity contribution in [3.05, 3.63) is 23.9 Å². The Balaban J connectivity index is 2.31. The van der Waals surface area contributed by atoms with Gasteiger partial charge >= 0.3 is 0 Å². The van der Waals surface area contributed by atoms with Crippen molar-refractivity contribution in [2.24, 2.45) is 0 Å². The molecule has 0 aliphatic carbocycles. The Labute approximate surface area is 102 Å². The normalized spacial score (nSPS) is 23.2. The van der Waals surface area contributed by atoms with Crippen molar-refractivity contribution in [3.8, 4) is 6.07 Å². The fourth-order valence-corrected chi connectivity index (χ4v) is 2.35. The highest BCUT2D eigenvalue weighted by atomic mass is 16.5. The minimum absolute atomic E-state index is 0.146. The molecule has 4 heteroatoms. The molecule has 0 saturated carbocycles. The Bertz CT molecular complexity index is 450. The van der Waals surface area contributed by atoms with Gasteiger partial charge in [-0.25, -0.2) is 4.98 Å². The topological polar surface area (TPSA) is 49.2 Å². The van der Waals surface area contributed by atoms with Crippen LogP contribution in [0.15, 0.2) is 18.3 Å². The van der Waals surface area contributed by atoms with Crippen LogP contribution in [-0.2, 0) is 4.74 Å². The van der Waals surface area contributed by atoms with Gasteiger partial charge in [0.2, 0.25) is 0 Å². The van der Waals surface area contributed by atoms with Crippen molar-refractivity contribution < 1.29 is 4.74 Å². The number of rotatable bonds is 1. The van der Waals surface area contributed by atoms with Crippen molar-refractivity contribution in [2.45, 2.75) is 32.5 Å². The molecule has 1 unspecified atom stereocenters. The molecule has 17 heavy (non-hydrogen) atoms. The first kappa shape index (κ1) is 11.9. The van der Waals surface area contributed by atoms with Crippen molar-refractivity contribution in [1.29, 1.82) is 5.26 Å². The average Bonchev–Trinajstić information content (AvgIpc) is 2.26. The Hall–Kier alpha value is -1.60. The van der Waals surface area contributed by atoms with Crippen LogP contribution in [0.3, 0.4) is 0 Å². The predicted octanol–water partition coefficient (Wildman–Crippen LogP) is 1.96. The van der Waals surface area contributed by atoms with Gasteiger partial charge in [0.05, 0.1) is 17.3 Å². The molecule has 0 bridgehead atoms. The van der Waals surface area contributed by atoms with Gasteiger partial charge in [-0.1, -0.05) is 0 Å². The highest BCUT2D eigenvalue weighted by Gasteiger charge is 2.32. The molecule has 4 nitrogen and oxygen atoms in total. The zero-order valence-electron chi connectivity index (χ0n) is 10.5. The minimum Gasteiger partial charge on any atom is -0.369 e. The largest absolute Gasteiger partial charge is 0.369 e. The van der Waals surface area contributed by atoms with Crippen LogP contribution in [0.25, 0.3) is 0 Å². The summed E-state index contributed by atoms with van der Waals surface area (Å²) in [6.45, 7) is 7.69. The van der Waals surface area contributed by atoms with E-state index in [1.807, 2.05) is 6.92 Å². The number of aromatic nitrogens is 1. The summed E-state index contributed by atoms with van der Waals surface area (Å²) >= 11 is 0. The van der Waals surface area contributed by atoms with E-state index in [2.05, 4.69) is 29.8 Å². The van der Waals surface area contributed by atoms with Gasteiger partial charge in [0.15, 0.2) is 0 Å². The van der Waals surface area contributed by atoms with E-state index < -0.39 is 0 Å². The van der Waals surface area contributed by atoms with Gasteiger partial charge < -0.3 is 9.64 Å². The maximum Gasteiger partial charge on any atom is 0.146 e. The lowest BCUT2D eigenvalue weighted by atomic mass is 10.0. The van der Waals surface area contributed by atoms with Crippen LogP contribution in [0.1, 0.15) is 26.3 Å². The molecule has 1 aromatic heterocycles. The third-order valence-electron chi connectivity index (χ3n) is 2.78. The number of pyridine rings is 1. The molecule has 2 heterocycles. The maximum atomic E-state index is 9.10. The van der Waals surface area contributed by atoms with Crippen molar-refractivity contribution in [2.75, 3.05) is 18.0 Å². The Morgan fingerprint density at radius 3 is 3.00 bits per heavy atom. The monoisotopic (exact) mass is 231 g/mol. The second kappa shape index (κ2) is 4.34. The molecular formula is C13H17N3O. The second-order valence-electron chi connectivity index (χ2n) is 5.06. The standard InChI is InChI=1S/C13H17N3O/c1-10-8-16(9-13(2,3)17-10)12-11(7-14)5-4-6-15-12/h4-6,10H,8-9H2,1-3H3. The smallest absolute Gasteiger partial charge is 0.146 e. The van der Waals surface area contributed by atoms with E-state index in [1.54, 1.807) is 18.3 Å². The van der Waals surface area contributed by atoms with E-state index in [0.717, 1.165) is 18.9 Å². The highest BCUT2D eigenvalue weighted by Crippen LogP contribution is 2.26. The summed E-state index contributed by atoms with van der Waals surface area (Å²) in [5.74, 6) is 0.762. The van der Waals surface area contributed by atoms with E-state index in [1.165, 1.54) is 0 Å². The first-order valence-electron chi connectivity index (χ1n) is 5.80. The van der Waals surface area contributed by atoms with Gasteiger partial charge in [-0.05, 0) is 32.9 Å². The Kier molecular flexibility index (Phi) is 3.03. The highest BCUT2D eigenvalue weighted by molar-refractivity contribution is 5.54. The van der Waals surface area contributed by atoms with Gasteiger partial charge in [-0.2, -0.15) is 5.26 Å². The van der Waals surface area contributed by atoms with Gasteiger partial charge in [-0.15, -0.1) is 0 Å². The molecule has 1 saturated heterocycles. The third-order valence-corrected chi connectivity index (χ3v) is 2.78. The van der Waals surface area contributed by atoms with E-state index in [9.17, 15) is 0 Å². The molecule has 0 aromatic carbocycles. The first-order valence-corrected chi connectivity index (χ1v) is 5.80. The number of nitriles is 1. The SMILES string of the molecule is CC1CN(c2ncccc2C#N)CC(C)(C)O1. The molecule has 1 aromatic rings. The number of hydrogen-bond acceptors (Lipinski definition) is 4. The molecule has 90 valence electrons. The van der Waals surface area contributed by atoms with Crippen molar-refractivity contribution >= 4 is 5.82 Å². The molecule has 1 fully saturated rings. The third kappa shape index (κ3) is 2.56. The molecular weight excluding hydrogens is 214 g/mol. The van der Waals surface area contributed by atoms with Crippen LogP contribution in [0.2, 0.25) is 0 Å². The molecule has 1 aliphatic heterocycles. The fraction of sp³-hybridized carbons (Fsp3) is 0.538. The summed E-state index contributed by atoms with van der Waals surface area (Å²) in [6, 6.07) is 5.78. The fourth-order valence-electron chi connectivity index (χ4n) is 2.35. The van der Waals surface area contributed by atoms with Crippen molar-refractivity contribution in [1.82, 2.24) is 4.98 Å². The van der Waals surface area contributed by atoms with E-state index in [0.29, 0.717) is 5.56 Å². The minimum atomic E-state index is -0.206. The lowest BCUT2D eigenvalue weighted by Gasteiger charge is -2.42. The van der Waals surface area contributed by atoms with E-state index in [-0.39, 0.29) is 11.7 Å². The lowest BCUT2D eigenvalue weighted by molar-refractivity contribution is -0.0751. The van der Waals surface area contributed by atoms with Gasteiger partial charge in [0.1, 0.15) is 11.9 Å². The van der Waals surface area contributed by atoms with Gasteiger partial charge in [-0.3, -0.25) is 0 Å². The average molecular weight is 231 g/mol. The number of nitrogens with zero attached hydrogens (tertiary/aromatic N) is 3. The van der Waals surface area contributed by atoms with Crippen LogP contribution in [0, 0.1) is 11.3 Å². The summed E-state index contributed by atoms with van der Waals surface area (Å²) in [4.78, 5) is 6.45. The predicted molar refractivity (Wildman–Crippen MR) is 65.8 cm³/mol. The van der Waals surface area contributed by atoms with E-state index >= 15 is 0 Å². The molecule has 0 amide bonds. The Morgan fingerprint density at radius 1 is 1.59 bits per heavy atom. The van der Waals surface area contributed by atoms with Crippen LogP contribution in [0.4, 0.5) is 5.82 Å². The van der Waals surface area contributed by atoms with Crippen LogP contribution < -0.4 is 4.90 Å². The van der Waals surface area contributed by atoms with Gasteiger partial charge in [0, 0.05) is 19.3 Å². The summed E-state index contributed by atoms with van der Waals surface area (Å²) in [5.41, 5.74) is 0.416. The summed E-state index contributed by atoms with van der Waals surface area (Å²) in [7, 11) is 0. The summed E-state index contributed by atoms with van der Waals surface area (Å²) in [5, 5.41) is 9.10. The zero-order valence-corrected chi connectivity index (χ0v) is 10.5. The number of anilines is 1. The van der Waals surface area contributed by atoms with Crippen molar-refractivity contribution in [3.63, 3.8) is 0 Å². The molecule has 0 radical (unpaired) electrons. The summed E-state index contributed by atoms with van der Waals surface area (Å²) < 4.78 is 5.85. The molecule has 0 N–H and O–H groups in total. The van der Waals surface area contributed by atoms with E-state index in [4.69, 9.17) is 10.00 Å². The number of morpholine rings is 1. The molecule has 1 atom stereocenters. The molecule has 0 spiro atoms. The van der Waals surface area contributed by atoms with Crippen LogP contribution in [0.5, 0.6) is 0 Å². The lowest BCUT2D eigenvalue weighted by Crippen LogP contribution is -2.52.